The minimum absolute atomic E-state index is 0.0330. The van der Waals surface area contributed by atoms with Crippen molar-refractivity contribution in [3.63, 3.8) is 0 Å². The van der Waals surface area contributed by atoms with Crippen LogP contribution in [0.25, 0.3) is 21.8 Å². The van der Waals surface area contributed by atoms with Crippen molar-refractivity contribution in [1.29, 1.82) is 0 Å². The van der Waals surface area contributed by atoms with Crippen LogP contribution in [0.4, 0.5) is 30.5 Å². The zero-order valence-corrected chi connectivity index (χ0v) is 41.1. The van der Waals surface area contributed by atoms with Crippen molar-refractivity contribution in [2.45, 2.75) is 62.8 Å². The Labute approximate surface area is 416 Å². The number of imide groups is 2. The normalized spacial score (nSPS) is 14.9. The molecule has 5 N–H and O–H groups in total. The van der Waals surface area contributed by atoms with E-state index in [1.165, 1.54) is 35.7 Å². The molecule has 19 nitrogen and oxygen atoms in total. The van der Waals surface area contributed by atoms with Crippen LogP contribution in [0.2, 0.25) is 0 Å². The third-order valence-corrected chi connectivity index (χ3v) is 14.0. The molecule has 1 saturated heterocycles. The maximum absolute atomic E-state index is 16.2. The molecule has 382 valence electrons. The highest BCUT2D eigenvalue weighted by molar-refractivity contribution is 7.92. The van der Waals surface area contributed by atoms with Crippen molar-refractivity contribution in [2.24, 2.45) is 0 Å². The summed E-state index contributed by atoms with van der Waals surface area (Å²) in [6, 6.07) is 11.9. The molecular formula is C48H52F3N9O10S2. The second-order valence-electron chi connectivity index (χ2n) is 17.4. The van der Waals surface area contributed by atoms with E-state index in [4.69, 9.17) is 19.2 Å². The number of sulfonamides is 1. The number of nitrogens with zero attached hydrogens (tertiary/aromatic N) is 4. The van der Waals surface area contributed by atoms with Crippen molar-refractivity contribution < 1.29 is 59.8 Å². The molecule has 2 aromatic heterocycles. The van der Waals surface area contributed by atoms with Crippen LogP contribution in [0.5, 0.6) is 0 Å². The zero-order chi connectivity index (χ0) is 51.6. The summed E-state index contributed by atoms with van der Waals surface area (Å²) in [7, 11) is -4.87. The molecule has 4 heterocycles. The molecule has 72 heavy (non-hydrogen) atoms. The molecule has 1 atom stereocenters. The van der Waals surface area contributed by atoms with Crippen LogP contribution < -0.4 is 26.0 Å². The van der Waals surface area contributed by atoms with Gasteiger partial charge in [0.25, 0.3) is 21.8 Å². The number of rotatable bonds is 24. The van der Waals surface area contributed by atoms with Crippen molar-refractivity contribution in [2.75, 3.05) is 74.6 Å². The van der Waals surface area contributed by atoms with E-state index < -0.39 is 73.1 Å². The van der Waals surface area contributed by atoms with Gasteiger partial charge in [0.1, 0.15) is 17.7 Å². The van der Waals surface area contributed by atoms with E-state index in [-0.39, 0.29) is 86.5 Å². The van der Waals surface area contributed by atoms with Crippen LogP contribution >= 0.6 is 11.3 Å². The molecule has 1 fully saturated rings. The lowest BCUT2D eigenvalue weighted by molar-refractivity contribution is -0.136. The van der Waals surface area contributed by atoms with Gasteiger partial charge in [0.05, 0.1) is 77.7 Å². The van der Waals surface area contributed by atoms with Crippen LogP contribution in [0.1, 0.15) is 72.2 Å². The average Bonchev–Trinajstić information content (AvgIpc) is 3.89. The number of carbonyl (C=O) groups is 5. The molecule has 5 amide bonds. The van der Waals surface area contributed by atoms with Crippen LogP contribution in [-0.4, -0.2) is 123 Å². The van der Waals surface area contributed by atoms with Gasteiger partial charge in [-0.3, -0.25) is 38.9 Å². The highest BCUT2D eigenvalue weighted by Gasteiger charge is 2.45. The summed E-state index contributed by atoms with van der Waals surface area (Å²) in [4.78, 5) is 76.4. The first-order valence-corrected chi connectivity index (χ1v) is 25.2. The van der Waals surface area contributed by atoms with E-state index in [2.05, 4.69) is 31.2 Å². The fraction of sp³-hybridized carbons (Fsp3) is 0.375. The topological polar surface area (TPSA) is 249 Å². The highest BCUT2D eigenvalue weighted by atomic mass is 32.2. The number of aromatic nitrogens is 3. The van der Waals surface area contributed by atoms with Gasteiger partial charge in [-0.05, 0) is 55.3 Å². The van der Waals surface area contributed by atoms with E-state index in [1.807, 2.05) is 25.5 Å². The van der Waals surface area contributed by atoms with Crippen molar-refractivity contribution >= 4 is 68.2 Å². The summed E-state index contributed by atoms with van der Waals surface area (Å²) in [5, 5.41) is 11.9. The standard InChI is InChI=1S/C48H52F3N9O10S2/c1-48(2,3)46-58-40(29-9-5-13-33(39(29)51)59-72(66,67)42-30(49)10-6-11-31(42)50)41(71-46)34-16-20-55-47(56-34)54-19-7-18-53-36(61)17-22-68-24-26-70-27-25-69-23-21-52-32-12-4-8-28-38(32)45(65)60(44(28)64)35-14-15-37(62)57-43(35)63/h4-6,8-13,16,20,35,52,59H,7,14-15,17-19,21-27H2,1-3H3,(H,53,61)(H,54,55,56)(H,57,62,63). The number of amides is 5. The summed E-state index contributed by atoms with van der Waals surface area (Å²) in [5.74, 6) is -5.92. The Bertz CT molecular complexity index is 2930. The van der Waals surface area contributed by atoms with Crippen LogP contribution in [0, 0.1) is 17.5 Å². The minimum Gasteiger partial charge on any atom is -0.382 e. The molecular weight excluding hydrogens is 984 g/mol. The molecule has 0 spiro atoms. The Balaban J connectivity index is 0.781. The van der Waals surface area contributed by atoms with Gasteiger partial charge in [0, 0.05) is 55.3 Å². The quantitative estimate of drug-likeness (QED) is 0.0370. The minimum atomic E-state index is -4.87. The van der Waals surface area contributed by atoms with Crippen molar-refractivity contribution in [3.8, 4) is 21.8 Å². The molecule has 7 rings (SSSR count). The second-order valence-corrected chi connectivity index (χ2v) is 20.0. The Kier molecular flexibility index (Phi) is 17.3. The predicted octanol–water partition coefficient (Wildman–Crippen LogP) is 5.65. The van der Waals surface area contributed by atoms with Crippen molar-refractivity contribution in [1.82, 2.24) is 30.5 Å². The molecule has 0 radical (unpaired) electrons. The smallest absolute Gasteiger partial charge is 0.267 e. The van der Waals surface area contributed by atoms with E-state index in [0.717, 1.165) is 29.2 Å². The lowest BCUT2D eigenvalue weighted by Crippen LogP contribution is -2.54. The van der Waals surface area contributed by atoms with E-state index in [0.29, 0.717) is 53.9 Å². The summed E-state index contributed by atoms with van der Waals surface area (Å²) in [6.07, 6.45) is 2.29. The largest absolute Gasteiger partial charge is 0.382 e. The van der Waals surface area contributed by atoms with Crippen LogP contribution in [-0.2, 0) is 44.0 Å². The van der Waals surface area contributed by atoms with Gasteiger partial charge in [0.2, 0.25) is 23.7 Å². The van der Waals surface area contributed by atoms with E-state index in [1.54, 1.807) is 18.2 Å². The van der Waals surface area contributed by atoms with E-state index in [9.17, 15) is 41.2 Å². The van der Waals surface area contributed by atoms with Gasteiger partial charge in [-0.15, -0.1) is 11.3 Å². The first kappa shape index (κ1) is 53.0. The Hall–Kier alpha value is -6.86. The van der Waals surface area contributed by atoms with Crippen molar-refractivity contribution in [3.05, 3.63) is 100 Å². The lowest BCUT2D eigenvalue weighted by Gasteiger charge is -2.27. The highest BCUT2D eigenvalue weighted by Crippen LogP contribution is 2.42. The summed E-state index contributed by atoms with van der Waals surface area (Å²) in [6.45, 7) is 8.46. The maximum Gasteiger partial charge on any atom is 0.267 e. The van der Waals surface area contributed by atoms with Crippen LogP contribution in [0.15, 0.2) is 71.8 Å². The third-order valence-electron chi connectivity index (χ3n) is 11.0. The molecule has 24 heteroatoms. The number of halogens is 3. The van der Waals surface area contributed by atoms with Gasteiger partial charge in [-0.1, -0.05) is 39.0 Å². The fourth-order valence-corrected chi connectivity index (χ4v) is 9.83. The Morgan fingerprint density at radius 2 is 1.47 bits per heavy atom. The molecule has 3 aromatic carbocycles. The first-order chi connectivity index (χ1) is 34.4. The number of fused-ring (bicyclic) bond motifs is 1. The maximum atomic E-state index is 16.2. The molecule has 1 unspecified atom stereocenters. The van der Waals surface area contributed by atoms with Gasteiger partial charge in [0.15, 0.2) is 10.7 Å². The molecule has 0 bridgehead atoms. The fourth-order valence-electron chi connectivity index (χ4n) is 7.53. The number of benzene rings is 3. The molecule has 2 aliphatic rings. The zero-order valence-electron chi connectivity index (χ0n) is 39.4. The summed E-state index contributed by atoms with van der Waals surface area (Å²) in [5.41, 5.74) is 0.286. The van der Waals surface area contributed by atoms with Crippen LogP contribution in [0.3, 0.4) is 0 Å². The monoisotopic (exact) mass is 1040 g/mol. The van der Waals surface area contributed by atoms with Gasteiger partial charge >= 0.3 is 0 Å². The molecule has 5 aromatic rings. The first-order valence-electron chi connectivity index (χ1n) is 22.9. The van der Waals surface area contributed by atoms with Gasteiger partial charge in [-0.2, -0.15) is 0 Å². The molecule has 0 saturated carbocycles. The average molecular weight is 1040 g/mol. The number of ether oxygens (including phenoxy) is 3. The number of thiazole rings is 1. The van der Waals surface area contributed by atoms with E-state index >= 15 is 4.39 Å². The second kappa shape index (κ2) is 23.6. The number of anilines is 3. The number of nitrogens with one attached hydrogen (secondary N) is 5. The predicted molar refractivity (Wildman–Crippen MR) is 259 cm³/mol. The summed E-state index contributed by atoms with van der Waals surface area (Å²) >= 11 is 1.27. The summed E-state index contributed by atoms with van der Waals surface area (Å²) < 4.78 is 89.7. The third kappa shape index (κ3) is 12.8. The number of hydrogen-bond acceptors (Lipinski definition) is 16. The molecule has 2 aliphatic heterocycles. The number of hydrogen-bond donors (Lipinski definition) is 5. The Morgan fingerprint density at radius 1 is 0.806 bits per heavy atom. The Morgan fingerprint density at radius 3 is 2.18 bits per heavy atom. The number of piperidine rings is 1. The van der Waals surface area contributed by atoms with Gasteiger partial charge < -0.3 is 30.2 Å². The van der Waals surface area contributed by atoms with Gasteiger partial charge in [-0.25, -0.2) is 36.5 Å². The molecule has 0 aliphatic carbocycles. The SMILES string of the molecule is CC(C)(C)c1nc(-c2cccc(NS(=O)(=O)c3c(F)cccc3F)c2F)c(-c2ccnc(NCCCNC(=O)CCOCCOCCOCCNc3cccc4c3C(=O)N(C3CCC(=O)NC3=O)C4=O)n2)s1. The number of carbonyl (C=O) groups excluding carboxylic acids is 5. The lowest BCUT2D eigenvalue weighted by atomic mass is 9.98.